The van der Waals surface area contributed by atoms with Crippen LogP contribution in [0.4, 0.5) is 8.78 Å². The van der Waals surface area contributed by atoms with Crippen LogP contribution < -0.4 is 5.73 Å². The zero-order valence-electron chi connectivity index (χ0n) is 7.51. The average molecular weight is 197 g/mol. The maximum atomic E-state index is 13.2. The van der Waals surface area contributed by atoms with Crippen LogP contribution in [0.2, 0.25) is 0 Å². The second-order valence-electron chi connectivity index (χ2n) is 3.19. The molecule has 1 atom stereocenters. The molecule has 0 aliphatic heterocycles. The highest BCUT2D eigenvalue weighted by atomic mass is 19.1. The third-order valence-corrected chi connectivity index (χ3v) is 1.95. The maximum absolute atomic E-state index is 13.2. The Labute approximate surface area is 78.9 Å². The Bertz CT molecular complexity index is 476. The van der Waals surface area contributed by atoms with E-state index in [0.29, 0.717) is 11.3 Å². The van der Waals surface area contributed by atoms with Crippen LogP contribution in [0.1, 0.15) is 18.8 Å². The number of benzene rings is 1. The summed E-state index contributed by atoms with van der Waals surface area (Å²) in [6.07, 6.45) is 0. The summed E-state index contributed by atoms with van der Waals surface area (Å²) in [5.74, 6) is -0.859. The van der Waals surface area contributed by atoms with Gasteiger partial charge in [-0.05, 0) is 13.0 Å². The Morgan fingerprint density at radius 1 is 1.43 bits per heavy atom. The lowest BCUT2D eigenvalue weighted by Gasteiger charge is -1.96. The van der Waals surface area contributed by atoms with Gasteiger partial charge in [0.05, 0.1) is 11.6 Å². The zero-order valence-corrected chi connectivity index (χ0v) is 7.51. The standard InChI is InChI=1S/C9H9F2N3/c1-4(12)9-13-7-3-5(10)2-6(11)8(7)14-9/h2-4H,12H2,1H3,(H,13,14). The van der Waals surface area contributed by atoms with Crippen molar-refractivity contribution >= 4 is 11.0 Å². The number of imidazole rings is 1. The molecule has 0 spiro atoms. The van der Waals surface area contributed by atoms with Crippen LogP contribution in [0.3, 0.4) is 0 Å². The summed E-state index contributed by atoms with van der Waals surface area (Å²) in [6.45, 7) is 1.71. The molecule has 5 heteroatoms. The summed E-state index contributed by atoms with van der Waals surface area (Å²) >= 11 is 0. The molecule has 1 aromatic carbocycles. The van der Waals surface area contributed by atoms with Gasteiger partial charge in [0.25, 0.3) is 0 Å². The van der Waals surface area contributed by atoms with Gasteiger partial charge in [-0.15, -0.1) is 0 Å². The van der Waals surface area contributed by atoms with Crippen molar-refractivity contribution in [1.82, 2.24) is 9.97 Å². The summed E-state index contributed by atoms with van der Waals surface area (Å²) in [6, 6.07) is 1.66. The third-order valence-electron chi connectivity index (χ3n) is 1.95. The second-order valence-corrected chi connectivity index (χ2v) is 3.19. The van der Waals surface area contributed by atoms with Gasteiger partial charge in [-0.2, -0.15) is 0 Å². The van der Waals surface area contributed by atoms with Crippen LogP contribution >= 0.6 is 0 Å². The fourth-order valence-electron chi connectivity index (χ4n) is 1.28. The van der Waals surface area contributed by atoms with Crippen molar-refractivity contribution in [3.8, 4) is 0 Å². The number of nitrogens with one attached hydrogen (secondary N) is 1. The molecule has 0 amide bonds. The van der Waals surface area contributed by atoms with Crippen molar-refractivity contribution in [1.29, 1.82) is 0 Å². The Hall–Kier alpha value is -1.49. The minimum atomic E-state index is -0.678. The van der Waals surface area contributed by atoms with Crippen molar-refractivity contribution in [3.63, 3.8) is 0 Å². The van der Waals surface area contributed by atoms with Crippen LogP contribution in [0.5, 0.6) is 0 Å². The molecule has 74 valence electrons. The van der Waals surface area contributed by atoms with Crippen LogP contribution in [0, 0.1) is 11.6 Å². The number of rotatable bonds is 1. The molecule has 3 nitrogen and oxygen atoms in total. The number of hydrogen-bond acceptors (Lipinski definition) is 2. The second kappa shape index (κ2) is 3.02. The fraction of sp³-hybridized carbons (Fsp3) is 0.222. The van der Waals surface area contributed by atoms with Crippen LogP contribution in [-0.2, 0) is 0 Å². The molecule has 2 aromatic rings. The van der Waals surface area contributed by atoms with Gasteiger partial charge >= 0.3 is 0 Å². The summed E-state index contributed by atoms with van der Waals surface area (Å²) in [4.78, 5) is 6.69. The highest BCUT2D eigenvalue weighted by Gasteiger charge is 2.11. The molecule has 0 bridgehead atoms. The van der Waals surface area contributed by atoms with Crippen LogP contribution in [0.25, 0.3) is 11.0 Å². The Morgan fingerprint density at radius 2 is 2.14 bits per heavy atom. The van der Waals surface area contributed by atoms with Gasteiger partial charge in [0, 0.05) is 6.07 Å². The number of aromatic amines is 1. The molecule has 2 rings (SSSR count). The number of nitrogens with two attached hydrogens (primary N) is 1. The quantitative estimate of drug-likeness (QED) is 0.733. The van der Waals surface area contributed by atoms with E-state index in [-0.39, 0.29) is 11.6 Å². The summed E-state index contributed by atoms with van der Waals surface area (Å²) in [7, 11) is 0. The molecule has 0 aliphatic rings. The molecule has 1 aromatic heterocycles. The van der Waals surface area contributed by atoms with Gasteiger partial charge in [-0.3, -0.25) is 0 Å². The smallest absolute Gasteiger partial charge is 0.153 e. The first-order valence-corrected chi connectivity index (χ1v) is 4.18. The molecule has 0 aliphatic carbocycles. The van der Waals surface area contributed by atoms with Gasteiger partial charge in [0.1, 0.15) is 17.2 Å². The first-order valence-electron chi connectivity index (χ1n) is 4.18. The molecular formula is C9H9F2N3. The summed E-state index contributed by atoms with van der Waals surface area (Å²) in [5, 5.41) is 0. The lowest BCUT2D eigenvalue weighted by molar-refractivity contribution is 0.590. The monoisotopic (exact) mass is 197 g/mol. The van der Waals surface area contributed by atoms with E-state index in [1.54, 1.807) is 6.92 Å². The molecule has 1 heterocycles. The predicted molar refractivity (Wildman–Crippen MR) is 48.6 cm³/mol. The Kier molecular flexibility index (Phi) is 1.96. The van der Waals surface area contributed by atoms with Gasteiger partial charge in [-0.25, -0.2) is 13.8 Å². The topological polar surface area (TPSA) is 54.7 Å². The van der Waals surface area contributed by atoms with Gasteiger partial charge in [0.15, 0.2) is 5.82 Å². The van der Waals surface area contributed by atoms with Crippen LogP contribution in [0.15, 0.2) is 12.1 Å². The Morgan fingerprint density at radius 3 is 2.79 bits per heavy atom. The maximum Gasteiger partial charge on any atom is 0.153 e. The van der Waals surface area contributed by atoms with E-state index >= 15 is 0 Å². The largest absolute Gasteiger partial charge is 0.340 e. The van der Waals surface area contributed by atoms with Crippen molar-refractivity contribution in [3.05, 3.63) is 29.6 Å². The fourth-order valence-corrected chi connectivity index (χ4v) is 1.28. The minimum absolute atomic E-state index is 0.124. The number of H-pyrrole nitrogens is 1. The number of fused-ring (bicyclic) bond motifs is 1. The van der Waals surface area contributed by atoms with Crippen molar-refractivity contribution in [2.45, 2.75) is 13.0 Å². The predicted octanol–water partition coefficient (Wildman–Crippen LogP) is 1.86. The SMILES string of the molecule is CC(N)c1nc2c(F)cc(F)cc2[nH]1. The minimum Gasteiger partial charge on any atom is -0.340 e. The first-order chi connectivity index (χ1) is 6.58. The van der Waals surface area contributed by atoms with Gasteiger partial charge < -0.3 is 10.7 Å². The molecule has 3 N–H and O–H groups in total. The highest BCUT2D eigenvalue weighted by Crippen LogP contribution is 2.19. The number of halogens is 2. The molecule has 0 radical (unpaired) electrons. The molecule has 14 heavy (non-hydrogen) atoms. The molecule has 0 saturated heterocycles. The van der Waals surface area contributed by atoms with Crippen molar-refractivity contribution in [2.24, 2.45) is 5.73 Å². The number of nitrogens with zero attached hydrogens (tertiary/aromatic N) is 1. The van der Waals surface area contributed by atoms with E-state index in [1.165, 1.54) is 6.07 Å². The van der Waals surface area contributed by atoms with Gasteiger partial charge in [-0.1, -0.05) is 0 Å². The lowest BCUT2D eigenvalue weighted by Crippen LogP contribution is -2.06. The number of hydrogen-bond donors (Lipinski definition) is 2. The third kappa shape index (κ3) is 1.35. The molecule has 0 saturated carbocycles. The normalized spacial score (nSPS) is 13.4. The van der Waals surface area contributed by atoms with E-state index in [9.17, 15) is 8.78 Å². The van der Waals surface area contributed by atoms with Gasteiger partial charge in [0.2, 0.25) is 0 Å². The van der Waals surface area contributed by atoms with E-state index in [1.807, 2.05) is 0 Å². The summed E-state index contributed by atoms with van der Waals surface area (Å²) in [5.41, 5.74) is 6.01. The lowest BCUT2D eigenvalue weighted by atomic mass is 10.3. The van der Waals surface area contributed by atoms with E-state index in [0.717, 1.165) is 6.07 Å². The number of aromatic nitrogens is 2. The molecule has 0 fully saturated rings. The molecule has 1 unspecified atom stereocenters. The first kappa shape index (κ1) is 9.08. The van der Waals surface area contributed by atoms with E-state index < -0.39 is 11.6 Å². The molecular weight excluding hydrogens is 188 g/mol. The highest BCUT2D eigenvalue weighted by molar-refractivity contribution is 5.75. The van der Waals surface area contributed by atoms with E-state index in [2.05, 4.69) is 9.97 Å². The van der Waals surface area contributed by atoms with Crippen molar-refractivity contribution < 1.29 is 8.78 Å². The van der Waals surface area contributed by atoms with Crippen molar-refractivity contribution in [2.75, 3.05) is 0 Å². The zero-order chi connectivity index (χ0) is 10.3. The van der Waals surface area contributed by atoms with Crippen LogP contribution in [-0.4, -0.2) is 9.97 Å². The van der Waals surface area contributed by atoms with E-state index in [4.69, 9.17) is 5.73 Å². The Balaban J connectivity index is 2.70. The summed E-state index contributed by atoms with van der Waals surface area (Å²) < 4.78 is 25.9. The average Bonchev–Trinajstić information content (AvgIpc) is 2.47.